The number of H-pyrrole nitrogens is 1. The molecule has 1 radical (unpaired) electrons. The molecule has 33 heavy (non-hydrogen) atoms. The maximum absolute atomic E-state index is 12.7. The lowest BCUT2D eigenvalue weighted by atomic mass is 10.1. The number of hydrogen-bond donors (Lipinski definition) is 4. The zero-order valence-electron chi connectivity index (χ0n) is 17.8. The van der Waals surface area contributed by atoms with E-state index in [2.05, 4.69) is 21.4 Å². The van der Waals surface area contributed by atoms with Crippen LogP contribution in [0, 0.1) is 13.0 Å². The van der Waals surface area contributed by atoms with Crippen LogP contribution in [0.3, 0.4) is 0 Å². The fraction of sp³-hybridized carbons (Fsp3) is 0.300. The van der Waals surface area contributed by atoms with Gasteiger partial charge in [0.05, 0.1) is 17.4 Å². The number of aryl methyl sites for hydroxylation is 2. The first kappa shape index (κ1) is 24.4. The van der Waals surface area contributed by atoms with Gasteiger partial charge in [-0.3, -0.25) is 28.4 Å². The van der Waals surface area contributed by atoms with Crippen LogP contribution >= 0.6 is 11.3 Å². The summed E-state index contributed by atoms with van der Waals surface area (Å²) in [6.45, 7) is 3.21. The predicted octanol–water partition coefficient (Wildman–Crippen LogP) is 0.979. The molecule has 1 atom stereocenters. The van der Waals surface area contributed by atoms with Gasteiger partial charge in [-0.2, -0.15) is 8.42 Å². The summed E-state index contributed by atoms with van der Waals surface area (Å²) < 4.78 is 33.8. The van der Waals surface area contributed by atoms with Crippen LogP contribution in [-0.2, 0) is 34.5 Å². The van der Waals surface area contributed by atoms with Gasteiger partial charge in [0.1, 0.15) is 11.6 Å². The molecule has 3 rings (SSSR count). The van der Waals surface area contributed by atoms with Crippen molar-refractivity contribution in [2.75, 3.05) is 4.72 Å². The normalized spacial score (nSPS) is 12.3. The maximum Gasteiger partial charge on any atom is 0.357 e. The molecule has 0 fully saturated rings. The van der Waals surface area contributed by atoms with E-state index >= 15 is 0 Å². The Morgan fingerprint density at radius 3 is 2.73 bits per heavy atom. The van der Waals surface area contributed by atoms with Crippen LogP contribution in [0.2, 0.25) is 0 Å². The minimum Gasteiger partial charge on any atom is -0.345 e. The molecule has 0 aliphatic rings. The van der Waals surface area contributed by atoms with Gasteiger partial charge in [0.2, 0.25) is 5.91 Å². The minimum absolute atomic E-state index is 0.136. The van der Waals surface area contributed by atoms with Crippen LogP contribution in [-0.4, -0.2) is 33.4 Å². The van der Waals surface area contributed by atoms with E-state index in [1.165, 1.54) is 36.6 Å². The van der Waals surface area contributed by atoms with Crippen LogP contribution in [0.5, 0.6) is 0 Å². The van der Waals surface area contributed by atoms with Gasteiger partial charge in [-0.15, -0.1) is 11.3 Å². The molecule has 13 heteroatoms. The van der Waals surface area contributed by atoms with E-state index in [0.29, 0.717) is 22.6 Å². The number of nitrogens with one attached hydrogen (secondary N) is 3. The van der Waals surface area contributed by atoms with E-state index in [4.69, 9.17) is 4.55 Å². The van der Waals surface area contributed by atoms with Gasteiger partial charge in [-0.05, 0) is 43.5 Å². The number of anilines is 1. The Bertz CT molecular complexity index is 1360. The van der Waals surface area contributed by atoms with Crippen molar-refractivity contribution in [3.63, 3.8) is 0 Å². The highest BCUT2D eigenvalue weighted by atomic mass is 32.2. The number of nitrogens with zero attached hydrogens (tertiary/aromatic N) is 2. The van der Waals surface area contributed by atoms with Gasteiger partial charge in [0.15, 0.2) is 0 Å². The van der Waals surface area contributed by atoms with E-state index in [1.807, 2.05) is 17.0 Å². The molecule has 4 N–H and O–H groups in total. The standard InChI is InChI=1S/C20H22N5O6S2/c1-3-14-11-32-19(21-14)16(8-13-4-6-15(7-5-13)24-33(29,30)31)22-17(26)10-25-9-12(2)18(27)23-20(25)28/h4,6-7,9,11,16,24H,3,8,10H2,1-2H3,(H,22,26)(H,23,27,28)(H,29,30,31). The summed E-state index contributed by atoms with van der Waals surface area (Å²) in [4.78, 5) is 43.0. The van der Waals surface area contributed by atoms with Crippen LogP contribution in [0.15, 0.2) is 39.4 Å². The van der Waals surface area contributed by atoms with Gasteiger partial charge in [-0.25, -0.2) is 9.78 Å². The Morgan fingerprint density at radius 2 is 2.12 bits per heavy atom. The molecule has 0 aliphatic carbocycles. The molecule has 0 aliphatic heterocycles. The van der Waals surface area contributed by atoms with E-state index in [0.717, 1.165) is 16.7 Å². The molecule has 2 heterocycles. The van der Waals surface area contributed by atoms with Crippen LogP contribution in [0.4, 0.5) is 5.69 Å². The maximum atomic E-state index is 12.7. The molecular formula is C20H22N5O6S2. The summed E-state index contributed by atoms with van der Waals surface area (Å²) in [6.07, 6.45) is 2.35. The molecule has 175 valence electrons. The minimum atomic E-state index is -4.40. The summed E-state index contributed by atoms with van der Waals surface area (Å²) in [5.74, 6) is -0.452. The molecule has 3 aromatic rings. The third-order valence-corrected chi connectivity index (χ3v) is 6.12. The molecular weight excluding hydrogens is 470 g/mol. The second-order valence-electron chi connectivity index (χ2n) is 7.23. The second kappa shape index (κ2) is 10.1. The number of thiazole rings is 1. The number of aromatic nitrogens is 3. The van der Waals surface area contributed by atoms with E-state index < -0.39 is 33.5 Å². The number of hydrogen-bond acceptors (Lipinski definition) is 7. The molecule has 1 amide bonds. The topological polar surface area (TPSA) is 163 Å². The SMILES string of the molecule is CCc1csc(C(Cc2[c]cc(NS(=O)(=O)O)cc2)NC(=O)Cn2cc(C)c(=O)[nH]c2=O)n1. The van der Waals surface area contributed by atoms with E-state index in [-0.39, 0.29) is 12.2 Å². The fourth-order valence-electron chi connectivity index (χ4n) is 2.99. The summed E-state index contributed by atoms with van der Waals surface area (Å²) in [7, 11) is -4.40. The van der Waals surface area contributed by atoms with Crippen molar-refractivity contribution in [3.8, 4) is 0 Å². The van der Waals surface area contributed by atoms with Crippen molar-refractivity contribution in [2.24, 2.45) is 0 Å². The van der Waals surface area contributed by atoms with Gasteiger partial charge >= 0.3 is 16.0 Å². The third-order valence-electron chi connectivity index (χ3n) is 4.62. The smallest absolute Gasteiger partial charge is 0.345 e. The van der Waals surface area contributed by atoms with E-state index in [1.54, 1.807) is 6.07 Å². The predicted molar refractivity (Wildman–Crippen MR) is 123 cm³/mol. The first-order chi connectivity index (χ1) is 15.5. The van der Waals surface area contributed by atoms with E-state index in [9.17, 15) is 22.8 Å². The van der Waals surface area contributed by atoms with Crippen molar-refractivity contribution < 1.29 is 17.8 Å². The quantitative estimate of drug-likeness (QED) is 0.323. The molecule has 0 spiro atoms. The van der Waals surface area contributed by atoms with Crippen LogP contribution in [0.25, 0.3) is 0 Å². The first-order valence-corrected chi connectivity index (χ1v) is 12.2. The van der Waals surface area contributed by atoms with Gasteiger partial charge in [0.25, 0.3) is 5.56 Å². The zero-order valence-corrected chi connectivity index (χ0v) is 19.4. The molecule has 0 bridgehead atoms. The Balaban J connectivity index is 1.80. The Morgan fingerprint density at radius 1 is 1.36 bits per heavy atom. The van der Waals surface area contributed by atoms with Crippen molar-refractivity contribution in [1.82, 2.24) is 19.9 Å². The number of carbonyl (C=O) groups excluding carboxylic acids is 1. The lowest BCUT2D eigenvalue weighted by Crippen LogP contribution is -2.38. The molecule has 2 aromatic heterocycles. The number of aromatic amines is 1. The number of amides is 1. The molecule has 0 saturated heterocycles. The molecule has 1 aromatic carbocycles. The molecule has 1 unspecified atom stereocenters. The fourth-order valence-corrected chi connectivity index (χ4v) is 4.37. The summed E-state index contributed by atoms with van der Waals surface area (Å²) >= 11 is 1.39. The lowest BCUT2D eigenvalue weighted by Gasteiger charge is -2.17. The highest BCUT2D eigenvalue weighted by Crippen LogP contribution is 2.23. The number of benzene rings is 1. The van der Waals surface area contributed by atoms with Crippen molar-refractivity contribution in [1.29, 1.82) is 0 Å². The summed E-state index contributed by atoms with van der Waals surface area (Å²) in [5, 5.41) is 5.43. The van der Waals surface area contributed by atoms with Crippen molar-refractivity contribution in [2.45, 2.75) is 39.3 Å². The Labute approximate surface area is 193 Å². The third kappa shape index (κ3) is 6.84. The summed E-state index contributed by atoms with van der Waals surface area (Å²) in [5.41, 5.74) is 0.781. The van der Waals surface area contributed by atoms with Crippen molar-refractivity contribution in [3.05, 3.63) is 78.5 Å². The van der Waals surface area contributed by atoms with Crippen LogP contribution < -0.4 is 21.3 Å². The number of rotatable bonds is 9. The Hall–Kier alpha value is -3.29. The average Bonchev–Trinajstić information content (AvgIpc) is 3.21. The van der Waals surface area contributed by atoms with Gasteiger partial charge in [0, 0.05) is 17.1 Å². The number of carbonyl (C=O) groups is 1. The molecule has 0 saturated carbocycles. The lowest BCUT2D eigenvalue weighted by molar-refractivity contribution is -0.122. The molecule has 11 nitrogen and oxygen atoms in total. The summed E-state index contributed by atoms with van der Waals surface area (Å²) in [6, 6.07) is 6.82. The van der Waals surface area contributed by atoms with Gasteiger partial charge in [-0.1, -0.05) is 13.0 Å². The highest BCUT2D eigenvalue weighted by molar-refractivity contribution is 7.87. The average molecular weight is 493 g/mol. The Kier molecular flexibility index (Phi) is 7.46. The zero-order chi connectivity index (χ0) is 24.2. The first-order valence-electron chi connectivity index (χ1n) is 9.84. The van der Waals surface area contributed by atoms with Gasteiger partial charge < -0.3 is 5.32 Å². The monoisotopic (exact) mass is 492 g/mol. The van der Waals surface area contributed by atoms with Crippen molar-refractivity contribution >= 4 is 33.2 Å². The second-order valence-corrected chi connectivity index (χ2v) is 9.28. The highest BCUT2D eigenvalue weighted by Gasteiger charge is 2.20. The van der Waals surface area contributed by atoms with Crippen LogP contribution in [0.1, 0.15) is 34.8 Å². The largest absolute Gasteiger partial charge is 0.357 e.